The van der Waals surface area contributed by atoms with E-state index < -0.39 is 11.7 Å². The Labute approximate surface area is 120 Å². The molecule has 4 nitrogen and oxygen atoms in total. The number of nitrogens with zero attached hydrogens (tertiary/aromatic N) is 2. The van der Waals surface area contributed by atoms with Gasteiger partial charge in [-0.05, 0) is 30.8 Å². The van der Waals surface area contributed by atoms with Crippen molar-refractivity contribution in [3.8, 4) is 11.6 Å². The van der Waals surface area contributed by atoms with E-state index in [9.17, 15) is 13.2 Å². The van der Waals surface area contributed by atoms with Gasteiger partial charge in [0, 0.05) is 6.54 Å². The molecule has 0 saturated heterocycles. The number of aromatic nitrogens is 2. The normalized spacial score (nSPS) is 11.4. The van der Waals surface area contributed by atoms with Gasteiger partial charge in [-0.15, -0.1) is 0 Å². The molecule has 0 saturated carbocycles. The second kappa shape index (κ2) is 6.53. The molecule has 0 fully saturated rings. The Kier molecular flexibility index (Phi) is 4.74. The van der Waals surface area contributed by atoms with Crippen LogP contribution in [0, 0.1) is 0 Å². The molecule has 7 heteroatoms. The summed E-state index contributed by atoms with van der Waals surface area (Å²) in [6.07, 6.45) is -1.36. The number of halogens is 3. The number of alkyl halides is 3. The SMILES string of the molecule is CCNCc1cnc(Oc2ccc(C(F)(F)F)cc2)cn1. The Morgan fingerprint density at radius 1 is 1.10 bits per heavy atom. The molecule has 0 spiro atoms. The molecule has 112 valence electrons. The Bertz CT molecular complexity index is 568. The molecule has 0 aliphatic rings. The van der Waals surface area contributed by atoms with Crippen molar-refractivity contribution in [3.05, 3.63) is 47.9 Å². The Hall–Kier alpha value is -2.15. The number of hydrogen-bond acceptors (Lipinski definition) is 4. The summed E-state index contributed by atoms with van der Waals surface area (Å²) < 4.78 is 42.6. The fourth-order valence-electron chi connectivity index (χ4n) is 1.57. The quantitative estimate of drug-likeness (QED) is 0.919. The van der Waals surface area contributed by atoms with Crippen LogP contribution in [0.15, 0.2) is 36.7 Å². The van der Waals surface area contributed by atoms with Gasteiger partial charge in [0.05, 0.1) is 23.7 Å². The van der Waals surface area contributed by atoms with Gasteiger partial charge in [0.15, 0.2) is 0 Å². The van der Waals surface area contributed by atoms with Gasteiger partial charge in [-0.25, -0.2) is 4.98 Å². The molecule has 1 aromatic heterocycles. The van der Waals surface area contributed by atoms with E-state index in [1.54, 1.807) is 6.20 Å². The summed E-state index contributed by atoms with van der Waals surface area (Å²) in [7, 11) is 0. The van der Waals surface area contributed by atoms with Crippen LogP contribution >= 0.6 is 0 Å². The molecule has 0 radical (unpaired) electrons. The minimum atomic E-state index is -4.35. The zero-order chi connectivity index (χ0) is 15.3. The lowest BCUT2D eigenvalue weighted by Gasteiger charge is -2.08. The minimum Gasteiger partial charge on any atom is -0.438 e. The van der Waals surface area contributed by atoms with E-state index in [0.29, 0.717) is 6.54 Å². The number of nitrogens with one attached hydrogen (secondary N) is 1. The first-order chi connectivity index (χ1) is 9.99. The van der Waals surface area contributed by atoms with Crippen molar-refractivity contribution in [2.45, 2.75) is 19.6 Å². The molecule has 0 atom stereocenters. The van der Waals surface area contributed by atoms with E-state index in [-0.39, 0.29) is 11.6 Å². The van der Waals surface area contributed by atoms with Crippen LogP contribution in [-0.2, 0) is 12.7 Å². The monoisotopic (exact) mass is 297 g/mol. The fourth-order valence-corrected chi connectivity index (χ4v) is 1.57. The Morgan fingerprint density at radius 2 is 1.81 bits per heavy atom. The van der Waals surface area contributed by atoms with Crippen LogP contribution in [0.25, 0.3) is 0 Å². The van der Waals surface area contributed by atoms with E-state index in [2.05, 4.69) is 15.3 Å². The van der Waals surface area contributed by atoms with Gasteiger partial charge in [0.25, 0.3) is 0 Å². The summed E-state index contributed by atoms with van der Waals surface area (Å²) in [5.74, 6) is 0.506. The third-order valence-corrected chi connectivity index (χ3v) is 2.64. The van der Waals surface area contributed by atoms with Crippen LogP contribution in [0.1, 0.15) is 18.2 Å². The molecule has 21 heavy (non-hydrogen) atoms. The molecule has 1 N–H and O–H groups in total. The van der Waals surface area contributed by atoms with Gasteiger partial charge in [-0.1, -0.05) is 6.92 Å². The van der Waals surface area contributed by atoms with Crippen molar-refractivity contribution < 1.29 is 17.9 Å². The van der Waals surface area contributed by atoms with Gasteiger partial charge in [-0.3, -0.25) is 4.98 Å². The summed E-state index contributed by atoms with van der Waals surface area (Å²) in [6.45, 7) is 3.41. The van der Waals surface area contributed by atoms with Gasteiger partial charge in [-0.2, -0.15) is 13.2 Å². The number of benzene rings is 1. The van der Waals surface area contributed by atoms with Crippen molar-refractivity contribution in [3.63, 3.8) is 0 Å². The summed E-state index contributed by atoms with van der Waals surface area (Å²) in [5, 5.41) is 3.10. The molecule has 0 bridgehead atoms. The van der Waals surface area contributed by atoms with Gasteiger partial charge >= 0.3 is 6.18 Å². The van der Waals surface area contributed by atoms with Gasteiger partial charge < -0.3 is 10.1 Å². The van der Waals surface area contributed by atoms with E-state index in [1.807, 2.05) is 6.92 Å². The van der Waals surface area contributed by atoms with Crippen molar-refractivity contribution in [1.29, 1.82) is 0 Å². The lowest BCUT2D eigenvalue weighted by molar-refractivity contribution is -0.137. The number of hydrogen-bond donors (Lipinski definition) is 1. The molecular weight excluding hydrogens is 283 g/mol. The molecule has 1 heterocycles. The maximum absolute atomic E-state index is 12.4. The van der Waals surface area contributed by atoms with Crippen LogP contribution in [0.5, 0.6) is 11.6 Å². The van der Waals surface area contributed by atoms with Crippen molar-refractivity contribution in [2.24, 2.45) is 0 Å². The average Bonchev–Trinajstić information content (AvgIpc) is 2.46. The summed E-state index contributed by atoms with van der Waals surface area (Å²) >= 11 is 0. The van der Waals surface area contributed by atoms with Crippen molar-refractivity contribution in [1.82, 2.24) is 15.3 Å². The van der Waals surface area contributed by atoms with Crippen LogP contribution < -0.4 is 10.1 Å². The predicted molar refractivity (Wildman–Crippen MR) is 70.9 cm³/mol. The highest BCUT2D eigenvalue weighted by Gasteiger charge is 2.30. The van der Waals surface area contributed by atoms with Crippen LogP contribution in [0.2, 0.25) is 0 Å². The van der Waals surface area contributed by atoms with Gasteiger partial charge in [0.1, 0.15) is 5.75 Å². The molecule has 0 amide bonds. The van der Waals surface area contributed by atoms with E-state index in [0.717, 1.165) is 24.4 Å². The van der Waals surface area contributed by atoms with Crippen LogP contribution in [0.3, 0.4) is 0 Å². The third kappa shape index (κ3) is 4.42. The smallest absolute Gasteiger partial charge is 0.416 e. The molecule has 1 aromatic carbocycles. The van der Waals surface area contributed by atoms with E-state index in [1.165, 1.54) is 18.3 Å². The molecule has 0 unspecified atom stereocenters. The van der Waals surface area contributed by atoms with Crippen molar-refractivity contribution >= 4 is 0 Å². The number of ether oxygens (including phenoxy) is 1. The molecule has 0 aliphatic carbocycles. The zero-order valence-corrected chi connectivity index (χ0v) is 11.3. The van der Waals surface area contributed by atoms with E-state index in [4.69, 9.17) is 4.74 Å². The summed E-state index contributed by atoms with van der Waals surface area (Å²) in [4.78, 5) is 8.19. The average molecular weight is 297 g/mol. The van der Waals surface area contributed by atoms with Crippen LogP contribution in [-0.4, -0.2) is 16.5 Å². The first-order valence-electron chi connectivity index (χ1n) is 6.36. The predicted octanol–water partition coefficient (Wildman–Crippen LogP) is 3.40. The highest BCUT2D eigenvalue weighted by atomic mass is 19.4. The highest BCUT2D eigenvalue weighted by Crippen LogP contribution is 2.30. The standard InChI is InChI=1S/C14H14F3N3O/c1-2-18-7-11-8-20-13(9-19-11)21-12-5-3-10(4-6-12)14(15,16)17/h3-6,8-9,18H,2,7H2,1H3. The molecule has 0 aliphatic heterocycles. The van der Waals surface area contributed by atoms with E-state index >= 15 is 0 Å². The highest BCUT2D eigenvalue weighted by molar-refractivity contribution is 5.31. The molecule has 2 aromatic rings. The lowest BCUT2D eigenvalue weighted by atomic mass is 10.2. The van der Waals surface area contributed by atoms with Crippen LogP contribution in [0.4, 0.5) is 13.2 Å². The maximum atomic E-state index is 12.4. The van der Waals surface area contributed by atoms with Gasteiger partial charge in [0.2, 0.25) is 5.88 Å². The first kappa shape index (κ1) is 15.2. The second-order valence-electron chi connectivity index (χ2n) is 4.25. The topological polar surface area (TPSA) is 47.0 Å². The Balaban J connectivity index is 2.01. The third-order valence-electron chi connectivity index (χ3n) is 2.64. The summed E-state index contributed by atoms with van der Waals surface area (Å²) in [6, 6.07) is 4.42. The van der Waals surface area contributed by atoms with Crippen molar-refractivity contribution in [2.75, 3.05) is 6.54 Å². The lowest BCUT2D eigenvalue weighted by Crippen LogP contribution is -2.13. The second-order valence-corrected chi connectivity index (χ2v) is 4.25. The first-order valence-corrected chi connectivity index (χ1v) is 6.36. The fraction of sp³-hybridized carbons (Fsp3) is 0.286. The number of rotatable bonds is 5. The Morgan fingerprint density at radius 3 is 2.33 bits per heavy atom. The largest absolute Gasteiger partial charge is 0.438 e. The summed E-state index contributed by atoms with van der Waals surface area (Å²) in [5.41, 5.74) is 0.0403. The minimum absolute atomic E-state index is 0.231. The zero-order valence-electron chi connectivity index (χ0n) is 11.3. The maximum Gasteiger partial charge on any atom is 0.416 e. The molecular formula is C14H14F3N3O. The molecule has 2 rings (SSSR count).